The summed E-state index contributed by atoms with van der Waals surface area (Å²) >= 11 is 0. The Morgan fingerprint density at radius 3 is 3.06 bits per heavy atom. The van der Waals surface area contributed by atoms with Crippen molar-refractivity contribution in [1.82, 2.24) is 5.32 Å². The van der Waals surface area contributed by atoms with E-state index in [4.69, 9.17) is 9.68 Å². The van der Waals surface area contributed by atoms with Gasteiger partial charge in [0, 0.05) is 19.0 Å². The van der Waals surface area contributed by atoms with Crippen molar-refractivity contribution in [2.75, 3.05) is 6.54 Å². The van der Waals surface area contributed by atoms with Crippen LogP contribution in [-0.2, 0) is 6.42 Å². The van der Waals surface area contributed by atoms with Crippen LogP contribution in [-0.4, -0.2) is 12.6 Å². The number of furan rings is 1. The Balaban J connectivity index is 1.74. The maximum atomic E-state index is 9.04. The molecule has 0 aromatic carbocycles. The summed E-state index contributed by atoms with van der Waals surface area (Å²) in [4.78, 5) is 0. The van der Waals surface area contributed by atoms with Crippen molar-refractivity contribution in [3.63, 3.8) is 0 Å². The van der Waals surface area contributed by atoms with Gasteiger partial charge in [-0.2, -0.15) is 5.26 Å². The van der Waals surface area contributed by atoms with Gasteiger partial charge in [0.2, 0.25) is 0 Å². The van der Waals surface area contributed by atoms with Crippen LogP contribution in [0.1, 0.15) is 31.4 Å². The normalized spacial score (nSPS) is 25.2. The summed E-state index contributed by atoms with van der Waals surface area (Å²) in [6.07, 6.45) is 7.24. The smallest absolute Gasteiger partial charge is 0.105 e. The Bertz CT molecular complexity index is 339. The highest BCUT2D eigenvalue weighted by molar-refractivity contribution is 4.99. The topological polar surface area (TPSA) is 49.0 Å². The Kier molecular flexibility index (Phi) is 4.01. The molecule has 1 aromatic rings. The molecule has 0 amide bonds. The zero-order valence-corrected chi connectivity index (χ0v) is 9.48. The molecule has 0 saturated heterocycles. The molecular weight excluding hydrogens is 200 g/mol. The molecule has 3 heteroatoms. The van der Waals surface area contributed by atoms with Crippen LogP contribution in [0.3, 0.4) is 0 Å². The monoisotopic (exact) mass is 218 g/mol. The average molecular weight is 218 g/mol. The average Bonchev–Trinajstić information content (AvgIpc) is 2.83. The Hall–Kier alpha value is -1.27. The van der Waals surface area contributed by atoms with Crippen molar-refractivity contribution in [2.24, 2.45) is 5.92 Å². The van der Waals surface area contributed by atoms with E-state index >= 15 is 0 Å². The molecule has 1 aliphatic carbocycles. The first kappa shape index (κ1) is 11.2. The predicted octanol–water partition coefficient (Wildman–Crippen LogP) is 2.49. The fourth-order valence-corrected chi connectivity index (χ4v) is 2.37. The number of hydrogen-bond donors (Lipinski definition) is 1. The number of nitrogens with one attached hydrogen (secondary N) is 1. The molecule has 1 heterocycles. The molecule has 16 heavy (non-hydrogen) atoms. The lowest BCUT2D eigenvalue weighted by molar-refractivity contribution is 0.312. The highest BCUT2D eigenvalue weighted by Gasteiger charge is 2.23. The van der Waals surface area contributed by atoms with Crippen LogP contribution >= 0.6 is 0 Å². The summed E-state index contributed by atoms with van der Waals surface area (Å²) in [5.41, 5.74) is 0. The van der Waals surface area contributed by atoms with Crippen LogP contribution < -0.4 is 5.32 Å². The molecule has 0 spiro atoms. The molecule has 0 bridgehead atoms. The second-order valence-corrected chi connectivity index (χ2v) is 4.41. The first-order chi connectivity index (χ1) is 7.90. The largest absolute Gasteiger partial charge is 0.469 e. The van der Waals surface area contributed by atoms with E-state index in [0.717, 1.165) is 31.6 Å². The zero-order chi connectivity index (χ0) is 11.2. The highest BCUT2D eigenvalue weighted by atomic mass is 16.3. The van der Waals surface area contributed by atoms with E-state index in [0.29, 0.717) is 6.04 Å². The van der Waals surface area contributed by atoms with E-state index in [1.807, 2.05) is 12.1 Å². The third-order valence-corrected chi connectivity index (χ3v) is 3.29. The third-order valence-electron chi connectivity index (χ3n) is 3.29. The molecule has 2 rings (SSSR count). The van der Waals surface area contributed by atoms with Gasteiger partial charge in [0.15, 0.2) is 0 Å². The number of nitrogens with zero attached hydrogens (tertiary/aromatic N) is 1. The van der Waals surface area contributed by atoms with Gasteiger partial charge in [-0.1, -0.05) is 12.8 Å². The zero-order valence-electron chi connectivity index (χ0n) is 9.48. The molecule has 3 nitrogen and oxygen atoms in total. The SMILES string of the molecule is N#CC1CCCCC1NCCc1ccco1. The van der Waals surface area contributed by atoms with Crippen LogP contribution in [0.25, 0.3) is 0 Å². The maximum absolute atomic E-state index is 9.04. The van der Waals surface area contributed by atoms with E-state index in [1.54, 1.807) is 6.26 Å². The molecule has 1 aromatic heterocycles. The van der Waals surface area contributed by atoms with Crippen LogP contribution in [0, 0.1) is 17.2 Å². The van der Waals surface area contributed by atoms with Crippen molar-refractivity contribution in [2.45, 2.75) is 38.1 Å². The minimum atomic E-state index is 0.199. The molecule has 1 fully saturated rings. The lowest BCUT2D eigenvalue weighted by Crippen LogP contribution is -2.38. The molecule has 2 atom stereocenters. The van der Waals surface area contributed by atoms with Crippen molar-refractivity contribution in [3.8, 4) is 6.07 Å². The number of rotatable bonds is 4. The molecule has 0 radical (unpaired) electrons. The van der Waals surface area contributed by atoms with Gasteiger partial charge in [-0.15, -0.1) is 0 Å². The quantitative estimate of drug-likeness (QED) is 0.844. The van der Waals surface area contributed by atoms with Gasteiger partial charge in [0.05, 0.1) is 18.3 Å². The van der Waals surface area contributed by atoms with E-state index in [9.17, 15) is 0 Å². The molecule has 1 saturated carbocycles. The number of hydrogen-bond acceptors (Lipinski definition) is 3. The predicted molar refractivity (Wildman–Crippen MR) is 61.8 cm³/mol. The maximum Gasteiger partial charge on any atom is 0.105 e. The van der Waals surface area contributed by atoms with Crippen LogP contribution in [0.15, 0.2) is 22.8 Å². The molecular formula is C13H18N2O. The highest BCUT2D eigenvalue weighted by Crippen LogP contribution is 2.23. The minimum Gasteiger partial charge on any atom is -0.469 e. The van der Waals surface area contributed by atoms with Crippen LogP contribution in [0.4, 0.5) is 0 Å². The second-order valence-electron chi connectivity index (χ2n) is 4.41. The van der Waals surface area contributed by atoms with Crippen molar-refractivity contribution < 1.29 is 4.42 Å². The molecule has 0 aliphatic heterocycles. The lowest BCUT2D eigenvalue weighted by atomic mass is 9.85. The fraction of sp³-hybridized carbons (Fsp3) is 0.615. The number of nitriles is 1. The van der Waals surface area contributed by atoms with Crippen molar-refractivity contribution in [1.29, 1.82) is 5.26 Å². The summed E-state index contributed by atoms with van der Waals surface area (Å²) < 4.78 is 5.27. The summed E-state index contributed by atoms with van der Waals surface area (Å²) in [6, 6.07) is 6.70. The van der Waals surface area contributed by atoms with Crippen LogP contribution in [0.5, 0.6) is 0 Å². The van der Waals surface area contributed by atoms with E-state index in [-0.39, 0.29) is 5.92 Å². The van der Waals surface area contributed by atoms with Crippen LogP contribution in [0.2, 0.25) is 0 Å². The minimum absolute atomic E-state index is 0.199. The van der Waals surface area contributed by atoms with Gasteiger partial charge in [0.1, 0.15) is 5.76 Å². The van der Waals surface area contributed by atoms with Gasteiger partial charge in [-0.25, -0.2) is 0 Å². The Morgan fingerprint density at radius 2 is 2.31 bits per heavy atom. The first-order valence-corrected chi connectivity index (χ1v) is 6.05. The van der Waals surface area contributed by atoms with E-state index in [2.05, 4.69) is 11.4 Å². The van der Waals surface area contributed by atoms with Gasteiger partial charge in [-0.05, 0) is 25.0 Å². The molecule has 1 N–H and O–H groups in total. The Labute approximate surface area is 96.4 Å². The van der Waals surface area contributed by atoms with E-state index < -0.39 is 0 Å². The van der Waals surface area contributed by atoms with Gasteiger partial charge in [-0.3, -0.25) is 0 Å². The van der Waals surface area contributed by atoms with Crippen molar-refractivity contribution in [3.05, 3.63) is 24.2 Å². The van der Waals surface area contributed by atoms with Gasteiger partial charge < -0.3 is 9.73 Å². The summed E-state index contributed by atoms with van der Waals surface area (Å²) in [5.74, 6) is 1.21. The lowest BCUT2D eigenvalue weighted by Gasteiger charge is -2.27. The van der Waals surface area contributed by atoms with Gasteiger partial charge in [0.25, 0.3) is 0 Å². The van der Waals surface area contributed by atoms with Crippen molar-refractivity contribution >= 4 is 0 Å². The molecule has 1 aliphatic rings. The third kappa shape index (κ3) is 2.86. The molecule has 2 unspecified atom stereocenters. The standard InChI is InChI=1S/C13H18N2O/c14-10-11-4-1-2-6-13(11)15-8-7-12-5-3-9-16-12/h3,5,9,11,13,15H,1-2,4,6-8H2. The second kappa shape index (κ2) is 5.72. The molecule has 86 valence electrons. The fourth-order valence-electron chi connectivity index (χ4n) is 2.37. The summed E-state index contributed by atoms with van der Waals surface area (Å²) in [7, 11) is 0. The summed E-state index contributed by atoms with van der Waals surface area (Å²) in [5, 5.41) is 12.5. The summed E-state index contributed by atoms with van der Waals surface area (Å²) in [6.45, 7) is 0.899. The first-order valence-electron chi connectivity index (χ1n) is 6.05. The van der Waals surface area contributed by atoms with Gasteiger partial charge >= 0.3 is 0 Å². The van der Waals surface area contributed by atoms with E-state index in [1.165, 1.54) is 12.8 Å². The Morgan fingerprint density at radius 1 is 1.44 bits per heavy atom.